The lowest BCUT2D eigenvalue weighted by Crippen LogP contribution is -2.30. The van der Waals surface area contributed by atoms with Crippen molar-refractivity contribution in [3.63, 3.8) is 0 Å². The molecule has 1 amide bonds. The number of amides is 1. The molecule has 1 aromatic rings. The first-order valence-corrected chi connectivity index (χ1v) is 7.80. The lowest BCUT2D eigenvalue weighted by Gasteiger charge is -2.21. The molecule has 0 aliphatic heterocycles. The Bertz CT molecular complexity index is 406. The van der Waals surface area contributed by atoms with Gasteiger partial charge in [0.05, 0.1) is 10.9 Å². The van der Waals surface area contributed by atoms with Crippen molar-refractivity contribution in [2.75, 3.05) is 13.6 Å². The molecule has 2 N–H and O–H groups in total. The van der Waals surface area contributed by atoms with E-state index in [9.17, 15) is 4.79 Å². The highest BCUT2D eigenvalue weighted by atomic mass is 35.5. The van der Waals surface area contributed by atoms with Gasteiger partial charge in [-0.25, -0.2) is 0 Å². The van der Waals surface area contributed by atoms with E-state index in [0.717, 1.165) is 15.6 Å². The van der Waals surface area contributed by atoms with Gasteiger partial charge in [0, 0.05) is 18.3 Å². The molecule has 0 spiro atoms. The second kappa shape index (κ2) is 7.88. The summed E-state index contributed by atoms with van der Waals surface area (Å²) in [5, 5.41) is 0. The molecule has 1 heterocycles. The van der Waals surface area contributed by atoms with Crippen LogP contribution in [0.15, 0.2) is 12.1 Å². The Morgan fingerprint density at radius 3 is 2.63 bits per heavy atom. The normalized spacial score (nSPS) is 12.7. The van der Waals surface area contributed by atoms with Crippen LogP contribution >= 0.6 is 22.9 Å². The third-order valence-electron chi connectivity index (χ3n) is 3.05. The molecule has 108 valence electrons. The Balaban J connectivity index is 2.47. The first-order chi connectivity index (χ1) is 8.92. The maximum Gasteiger partial charge on any atom is 0.222 e. The zero-order chi connectivity index (χ0) is 14.4. The number of rotatable bonds is 7. The smallest absolute Gasteiger partial charge is 0.222 e. The van der Waals surface area contributed by atoms with E-state index in [-0.39, 0.29) is 11.8 Å². The maximum atomic E-state index is 12.1. The minimum atomic E-state index is 0.153. The minimum Gasteiger partial charge on any atom is -0.341 e. The summed E-state index contributed by atoms with van der Waals surface area (Å²) in [5.74, 6) is 1.00. The molecule has 0 aliphatic carbocycles. The lowest BCUT2D eigenvalue weighted by molar-refractivity contribution is -0.131. The van der Waals surface area contributed by atoms with Crippen molar-refractivity contribution in [2.24, 2.45) is 17.6 Å². The number of thiophene rings is 1. The van der Waals surface area contributed by atoms with Gasteiger partial charge in [0.1, 0.15) is 0 Å². The maximum absolute atomic E-state index is 12.1. The number of carbonyl (C=O) groups is 1. The molecule has 0 radical (unpaired) electrons. The summed E-state index contributed by atoms with van der Waals surface area (Å²) in [5.41, 5.74) is 5.74. The molecular weight excluding hydrogens is 280 g/mol. The van der Waals surface area contributed by atoms with Crippen LogP contribution in [-0.2, 0) is 11.3 Å². The van der Waals surface area contributed by atoms with E-state index in [0.29, 0.717) is 25.4 Å². The minimum absolute atomic E-state index is 0.153. The number of hydrogen-bond donors (Lipinski definition) is 1. The molecule has 1 atom stereocenters. The molecule has 1 aromatic heterocycles. The van der Waals surface area contributed by atoms with Crippen molar-refractivity contribution in [3.8, 4) is 0 Å². The molecule has 0 bridgehead atoms. The van der Waals surface area contributed by atoms with Crippen molar-refractivity contribution >= 4 is 28.8 Å². The molecule has 0 unspecified atom stereocenters. The van der Waals surface area contributed by atoms with E-state index < -0.39 is 0 Å². The van der Waals surface area contributed by atoms with Gasteiger partial charge in [-0.2, -0.15) is 0 Å². The van der Waals surface area contributed by atoms with Gasteiger partial charge in [-0.15, -0.1) is 11.3 Å². The summed E-state index contributed by atoms with van der Waals surface area (Å²) < 4.78 is 0.760. The number of carbonyl (C=O) groups excluding carboxylic acids is 1. The van der Waals surface area contributed by atoms with Crippen LogP contribution < -0.4 is 5.73 Å². The Labute approximate surface area is 124 Å². The van der Waals surface area contributed by atoms with Crippen molar-refractivity contribution < 1.29 is 4.79 Å². The Morgan fingerprint density at radius 2 is 2.16 bits per heavy atom. The van der Waals surface area contributed by atoms with Crippen molar-refractivity contribution in [1.29, 1.82) is 0 Å². The fraction of sp³-hybridized carbons (Fsp3) is 0.643. The SMILES string of the molecule is CC(C)C[C@H](CN)CC(=O)N(C)Cc1ccc(Cl)s1. The van der Waals surface area contributed by atoms with E-state index in [1.807, 2.05) is 19.2 Å². The predicted molar refractivity (Wildman–Crippen MR) is 82.4 cm³/mol. The second-order valence-corrected chi connectivity index (χ2v) is 7.19. The van der Waals surface area contributed by atoms with Crippen molar-refractivity contribution in [3.05, 3.63) is 21.3 Å². The van der Waals surface area contributed by atoms with Crippen LogP contribution in [0.4, 0.5) is 0 Å². The standard InChI is InChI=1S/C14H23ClN2OS/c1-10(2)6-11(8-16)7-14(18)17(3)9-12-4-5-13(15)19-12/h4-5,10-11H,6-9,16H2,1-3H3/t11-/m0/s1. The van der Waals surface area contributed by atoms with Crippen LogP contribution in [0.25, 0.3) is 0 Å². The number of hydrogen-bond acceptors (Lipinski definition) is 3. The summed E-state index contributed by atoms with van der Waals surface area (Å²) in [6.07, 6.45) is 1.53. The monoisotopic (exact) mass is 302 g/mol. The Kier molecular flexibility index (Phi) is 6.83. The molecule has 3 nitrogen and oxygen atoms in total. The predicted octanol–water partition coefficient (Wildman–Crippen LogP) is 3.37. The fourth-order valence-corrected chi connectivity index (χ4v) is 3.23. The van der Waals surface area contributed by atoms with Crippen LogP contribution in [0.1, 0.15) is 31.6 Å². The van der Waals surface area contributed by atoms with Gasteiger partial charge in [0.15, 0.2) is 0 Å². The van der Waals surface area contributed by atoms with E-state index in [1.54, 1.807) is 4.90 Å². The zero-order valence-corrected chi connectivity index (χ0v) is 13.4. The average molecular weight is 303 g/mol. The molecule has 0 aromatic carbocycles. The highest BCUT2D eigenvalue weighted by molar-refractivity contribution is 7.16. The molecule has 0 saturated carbocycles. The molecule has 0 fully saturated rings. The van der Waals surface area contributed by atoms with Crippen LogP contribution in [-0.4, -0.2) is 24.4 Å². The van der Waals surface area contributed by atoms with Gasteiger partial charge >= 0.3 is 0 Å². The molecule has 1 rings (SSSR count). The highest BCUT2D eigenvalue weighted by Gasteiger charge is 2.17. The fourth-order valence-electron chi connectivity index (χ4n) is 2.09. The van der Waals surface area contributed by atoms with Gasteiger partial charge in [-0.1, -0.05) is 25.4 Å². The molecule has 0 aliphatic rings. The summed E-state index contributed by atoms with van der Waals surface area (Å²) in [6.45, 7) is 5.51. The number of nitrogens with two attached hydrogens (primary N) is 1. The quantitative estimate of drug-likeness (QED) is 0.839. The van der Waals surface area contributed by atoms with E-state index >= 15 is 0 Å². The van der Waals surface area contributed by atoms with Crippen LogP contribution in [0.5, 0.6) is 0 Å². The van der Waals surface area contributed by atoms with Gasteiger partial charge in [-0.05, 0) is 36.9 Å². The van der Waals surface area contributed by atoms with Gasteiger partial charge < -0.3 is 10.6 Å². The number of halogens is 1. The third-order valence-corrected chi connectivity index (χ3v) is 4.26. The summed E-state index contributed by atoms with van der Waals surface area (Å²) in [4.78, 5) is 15.0. The van der Waals surface area contributed by atoms with Crippen LogP contribution in [0.2, 0.25) is 4.34 Å². The van der Waals surface area contributed by atoms with E-state index in [2.05, 4.69) is 13.8 Å². The van der Waals surface area contributed by atoms with Crippen LogP contribution in [0, 0.1) is 11.8 Å². The Morgan fingerprint density at radius 1 is 1.47 bits per heavy atom. The first kappa shape index (κ1) is 16.5. The molecule has 0 saturated heterocycles. The number of nitrogens with zero attached hydrogens (tertiary/aromatic N) is 1. The highest BCUT2D eigenvalue weighted by Crippen LogP contribution is 2.23. The van der Waals surface area contributed by atoms with Crippen molar-refractivity contribution in [2.45, 2.75) is 33.2 Å². The summed E-state index contributed by atoms with van der Waals surface area (Å²) in [7, 11) is 1.83. The Hall–Kier alpha value is -0.580. The van der Waals surface area contributed by atoms with Crippen LogP contribution in [0.3, 0.4) is 0 Å². The van der Waals surface area contributed by atoms with Crippen molar-refractivity contribution in [1.82, 2.24) is 4.90 Å². The van der Waals surface area contributed by atoms with Gasteiger partial charge in [0.2, 0.25) is 5.91 Å². The zero-order valence-electron chi connectivity index (χ0n) is 11.9. The third kappa shape index (κ3) is 5.93. The second-order valence-electron chi connectivity index (χ2n) is 5.39. The largest absolute Gasteiger partial charge is 0.341 e. The van der Waals surface area contributed by atoms with E-state index in [1.165, 1.54) is 11.3 Å². The molecule has 19 heavy (non-hydrogen) atoms. The topological polar surface area (TPSA) is 46.3 Å². The van der Waals surface area contributed by atoms with Gasteiger partial charge in [-0.3, -0.25) is 4.79 Å². The summed E-state index contributed by atoms with van der Waals surface area (Å²) in [6, 6.07) is 3.83. The van der Waals surface area contributed by atoms with E-state index in [4.69, 9.17) is 17.3 Å². The lowest BCUT2D eigenvalue weighted by atomic mass is 9.94. The molecule has 5 heteroatoms. The summed E-state index contributed by atoms with van der Waals surface area (Å²) >= 11 is 7.40. The molecular formula is C14H23ClN2OS. The van der Waals surface area contributed by atoms with Gasteiger partial charge in [0.25, 0.3) is 0 Å². The first-order valence-electron chi connectivity index (χ1n) is 6.60. The average Bonchev–Trinajstić information content (AvgIpc) is 2.73.